The number of benzene rings is 1. The molecule has 0 aliphatic heterocycles. The number of carbonyl (C=O) groups excluding carboxylic acids is 2. The molecule has 2 aromatic rings. The van der Waals surface area contributed by atoms with Crippen molar-refractivity contribution < 1.29 is 14.3 Å². The molecule has 6 heteroatoms. The van der Waals surface area contributed by atoms with Crippen molar-refractivity contribution in [2.24, 2.45) is 0 Å². The molecule has 0 unspecified atom stereocenters. The van der Waals surface area contributed by atoms with Gasteiger partial charge in [0.15, 0.2) is 6.61 Å². The van der Waals surface area contributed by atoms with Crippen LogP contribution in [0.1, 0.15) is 10.4 Å². The summed E-state index contributed by atoms with van der Waals surface area (Å²) in [6.45, 7) is -0.329. The van der Waals surface area contributed by atoms with Crippen molar-refractivity contribution >= 4 is 28.9 Å². The summed E-state index contributed by atoms with van der Waals surface area (Å²) in [4.78, 5) is 24.0. The Morgan fingerprint density at radius 1 is 1.24 bits per heavy atom. The van der Waals surface area contributed by atoms with Crippen molar-refractivity contribution in [2.75, 3.05) is 11.9 Å². The molecule has 5 nitrogen and oxygen atoms in total. The van der Waals surface area contributed by atoms with Crippen LogP contribution in [0.4, 0.5) is 5.69 Å². The molecule has 0 atom stereocenters. The number of carbonyl (C=O) groups is 2. The van der Waals surface area contributed by atoms with Gasteiger partial charge in [0.25, 0.3) is 5.91 Å². The van der Waals surface area contributed by atoms with E-state index in [9.17, 15) is 9.59 Å². The molecule has 0 saturated heterocycles. The zero-order valence-corrected chi connectivity index (χ0v) is 11.9. The Hall–Kier alpha value is -2.65. The van der Waals surface area contributed by atoms with E-state index in [1.807, 2.05) is 23.6 Å². The minimum absolute atomic E-state index is 0.168. The molecule has 1 amide bonds. The Morgan fingerprint density at radius 2 is 2.00 bits per heavy atom. The molecule has 2 rings (SSSR count). The monoisotopic (exact) mass is 300 g/mol. The van der Waals surface area contributed by atoms with Crippen molar-refractivity contribution in [3.05, 3.63) is 52.2 Å². The third kappa shape index (κ3) is 4.75. The highest BCUT2D eigenvalue weighted by atomic mass is 32.1. The Morgan fingerprint density at radius 3 is 2.62 bits per heavy atom. The van der Waals surface area contributed by atoms with E-state index in [0.717, 1.165) is 4.88 Å². The Balaban J connectivity index is 1.76. The molecule has 0 fully saturated rings. The highest BCUT2D eigenvalue weighted by Crippen LogP contribution is 2.10. The van der Waals surface area contributed by atoms with Crippen molar-refractivity contribution in [3.8, 4) is 6.07 Å². The first kappa shape index (κ1) is 14.8. The van der Waals surface area contributed by atoms with Gasteiger partial charge in [0.05, 0.1) is 18.1 Å². The zero-order valence-electron chi connectivity index (χ0n) is 11.0. The number of nitrogens with one attached hydrogen (secondary N) is 1. The summed E-state index contributed by atoms with van der Waals surface area (Å²) in [5.41, 5.74) is 1.06. The lowest BCUT2D eigenvalue weighted by molar-refractivity contribution is -0.146. The van der Waals surface area contributed by atoms with Gasteiger partial charge in [0, 0.05) is 10.6 Å². The van der Waals surface area contributed by atoms with Gasteiger partial charge in [-0.2, -0.15) is 5.26 Å². The van der Waals surface area contributed by atoms with E-state index in [1.165, 1.54) is 11.3 Å². The van der Waals surface area contributed by atoms with Crippen molar-refractivity contribution in [3.63, 3.8) is 0 Å². The average molecular weight is 300 g/mol. The van der Waals surface area contributed by atoms with Crippen LogP contribution in [0.25, 0.3) is 0 Å². The van der Waals surface area contributed by atoms with Crippen LogP contribution < -0.4 is 5.32 Å². The van der Waals surface area contributed by atoms with Gasteiger partial charge < -0.3 is 10.1 Å². The number of anilines is 1. The fourth-order valence-corrected chi connectivity index (χ4v) is 2.27. The summed E-state index contributed by atoms with van der Waals surface area (Å²) in [7, 11) is 0. The summed E-state index contributed by atoms with van der Waals surface area (Å²) in [6, 6.07) is 12.1. The molecule has 0 saturated carbocycles. The molecule has 1 heterocycles. The van der Waals surface area contributed by atoms with Crippen molar-refractivity contribution in [1.82, 2.24) is 0 Å². The number of hydrogen-bond acceptors (Lipinski definition) is 5. The third-order valence-corrected chi connectivity index (χ3v) is 3.44. The summed E-state index contributed by atoms with van der Waals surface area (Å²) in [5.74, 6) is -0.855. The second-order valence-electron chi connectivity index (χ2n) is 4.15. The minimum atomic E-state index is -0.438. The average Bonchev–Trinajstić information content (AvgIpc) is 2.99. The van der Waals surface area contributed by atoms with Gasteiger partial charge in [-0.15, -0.1) is 11.3 Å². The Kier molecular flexibility index (Phi) is 5.07. The molecule has 1 N–H and O–H groups in total. The molecule has 1 aromatic carbocycles. The predicted molar refractivity (Wildman–Crippen MR) is 78.8 cm³/mol. The fraction of sp³-hybridized carbons (Fsp3) is 0.133. The van der Waals surface area contributed by atoms with Crippen LogP contribution in [0.5, 0.6) is 0 Å². The maximum absolute atomic E-state index is 11.6. The maximum atomic E-state index is 11.6. The van der Waals surface area contributed by atoms with Crippen molar-refractivity contribution in [2.45, 2.75) is 6.42 Å². The van der Waals surface area contributed by atoms with Crippen LogP contribution in [-0.2, 0) is 20.7 Å². The highest BCUT2D eigenvalue weighted by Gasteiger charge is 2.09. The first-order chi connectivity index (χ1) is 10.2. The van der Waals surface area contributed by atoms with Crippen LogP contribution in [0.3, 0.4) is 0 Å². The van der Waals surface area contributed by atoms with Gasteiger partial charge >= 0.3 is 5.97 Å². The van der Waals surface area contributed by atoms with Gasteiger partial charge in [-0.25, -0.2) is 0 Å². The van der Waals surface area contributed by atoms with Crippen LogP contribution in [-0.4, -0.2) is 18.5 Å². The summed E-state index contributed by atoms with van der Waals surface area (Å²) < 4.78 is 4.90. The molecule has 1 aromatic heterocycles. The standard InChI is InChI=1S/C15H12N2O3S/c16-9-11-3-5-12(6-4-11)17-14(18)10-20-15(19)8-13-2-1-7-21-13/h1-7H,8,10H2,(H,17,18). The molecule has 0 radical (unpaired) electrons. The van der Waals surface area contributed by atoms with Gasteiger partial charge in [-0.3, -0.25) is 9.59 Å². The van der Waals surface area contributed by atoms with Gasteiger partial charge in [-0.05, 0) is 35.7 Å². The summed E-state index contributed by atoms with van der Waals surface area (Å²) in [5, 5.41) is 13.1. The molecule has 21 heavy (non-hydrogen) atoms. The Labute approximate surface area is 125 Å². The maximum Gasteiger partial charge on any atom is 0.311 e. The van der Waals surface area contributed by atoms with E-state index in [2.05, 4.69) is 5.32 Å². The molecule has 0 aliphatic carbocycles. The van der Waals surface area contributed by atoms with Crippen molar-refractivity contribution in [1.29, 1.82) is 5.26 Å². The minimum Gasteiger partial charge on any atom is -0.455 e. The lowest BCUT2D eigenvalue weighted by Crippen LogP contribution is -2.21. The first-order valence-corrected chi connectivity index (χ1v) is 7.03. The van der Waals surface area contributed by atoms with E-state index in [4.69, 9.17) is 10.00 Å². The molecular formula is C15H12N2O3S. The lowest BCUT2D eigenvalue weighted by atomic mass is 10.2. The molecule has 0 spiro atoms. The quantitative estimate of drug-likeness (QED) is 0.860. The number of amides is 1. The van der Waals surface area contributed by atoms with Crippen LogP contribution in [0.15, 0.2) is 41.8 Å². The number of ether oxygens (including phenoxy) is 1. The fourth-order valence-electron chi connectivity index (χ4n) is 1.58. The van der Waals surface area contributed by atoms with Gasteiger partial charge in [-0.1, -0.05) is 6.07 Å². The highest BCUT2D eigenvalue weighted by molar-refractivity contribution is 7.10. The number of esters is 1. The first-order valence-electron chi connectivity index (χ1n) is 6.15. The normalized spacial score (nSPS) is 9.67. The lowest BCUT2D eigenvalue weighted by Gasteiger charge is -2.06. The summed E-state index contributed by atoms with van der Waals surface area (Å²) in [6.07, 6.45) is 0.168. The van der Waals surface area contributed by atoms with Crippen LogP contribution >= 0.6 is 11.3 Å². The van der Waals surface area contributed by atoms with E-state index in [-0.39, 0.29) is 13.0 Å². The van der Waals surface area contributed by atoms with E-state index in [1.54, 1.807) is 24.3 Å². The topological polar surface area (TPSA) is 79.2 Å². The molecule has 0 aliphatic rings. The van der Waals surface area contributed by atoms with E-state index < -0.39 is 11.9 Å². The van der Waals surface area contributed by atoms with Crippen LogP contribution in [0, 0.1) is 11.3 Å². The summed E-state index contributed by atoms with van der Waals surface area (Å²) >= 11 is 1.46. The number of hydrogen-bond donors (Lipinski definition) is 1. The number of nitrogens with zero attached hydrogens (tertiary/aromatic N) is 1. The second-order valence-corrected chi connectivity index (χ2v) is 5.19. The van der Waals surface area contributed by atoms with E-state index >= 15 is 0 Å². The van der Waals surface area contributed by atoms with Gasteiger partial charge in [0.1, 0.15) is 0 Å². The van der Waals surface area contributed by atoms with Crippen LogP contribution in [0.2, 0.25) is 0 Å². The SMILES string of the molecule is N#Cc1ccc(NC(=O)COC(=O)Cc2cccs2)cc1. The Bertz CT molecular complexity index is 657. The zero-order chi connectivity index (χ0) is 15.1. The third-order valence-electron chi connectivity index (χ3n) is 2.56. The molecule has 106 valence electrons. The predicted octanol–water partition coefficient (Wildman–Crippen LogP) is 2.34. The largest absolute Gasteiger partial charge is 0.455 e. The molecular weight excluding hydrogens is 288 g/mol. The smallest absolute Gasteiger partial charge is 0.311 e. The number of nitriles is 1. The van der Waals surface area contributed by atoms with Gasteiger partial charge in [0.2, 0.25) is 0 Å². The number of rotatable bonds is 5. The second kappa shape index (κ2) is 7.22. The molecule has 0 bridgehead atoms. The van der Waals surface area contributed by atoms with E-state index in [0.29, 0.717) is 11.3 Å². The number of thiophene rings is 1.